The topological polar surface area (TPSA) is 49.3 Å². The quantitative estimate of drug-likeness (QED) is 0.767. The second-order valence-electron chi connectivity index (χ2n) is 3.47. The van der Waals surface area contributed by atoms with Gasteiger partial charge < -0.3 is 10.4 Å². The van der Waals surface area contributed by atoms with Crippen LogP contribution >= 0.6 is 0 Å². The summed E-state index contributed by atoms with van der Waals surface area (Å²) in [7, 11) is 0. The Hall–Kier alpha value is -1.35. The average molecular weight is 193 g/mol. The molecule has 0 aliphatic carbocycles. The van der Waals surface area contributed by atoms with Gasteiger partial charge in [0, 0.05) is 5.69 Å². The highest BCUT2D eigenvalue weighted by Gasteiger charge is 2.05. The van der Waals surface area contributed by atoms with E-state index in [1.807, 2.05) is 31.2 Å². The number of anilines is 1. The predicted molar refractivity (Wildman–Crippen MR) is 56.1 cm³/mol. The van der Waals surface area contributed by atoms with Gasteiger partial charge in [0.15, 0.2) is 0 Å². The van der Waals surface area contributed by atoms with Gasteiger partial charge >= 0.3 is 0 Å². The van der Waals surface area contributed by atoms with E-state index in [-0.39, 0.29) is 12.3 Å². The first kappa shape index (κ1) is 10.7. The number of aliphatic hydroxyl groups excluding tert-OH is 1. The maximum absolute atomic E-state index is 11.2. The maximum atomic E-state index is 11.2. The molecule has 0 unspecified atom stereocenters. The first-order chi connectivity index (χ1) is 6.58. The SMILES string of the molecule is Cc1ccc(NC(=O)C[C@H](C)O)cc1. The van der Waals surface area contributed by atoms with E-state index in [9.17, 15) is 4.79 Å². The largest absolute Gasteiger partial charge is 0.393 e. The fourth-order valence-electron chi connectivity index (χ4n) is 1.12. The maximum Gasteiger partial charge on any atom is 0.226 e. The Labute approximate surface area is 83.8 Å². The van der Waals surface area contributed by atoms with Crippen LogP contribution in [0.2, 0.25) is 0 Å². The lowest BCUT2D eigenvalue weighted by Gasteiger charge is -2.06. The third-order valence-corrected chi connectivity index (χ3v) is 1.82. The van der Waals surface area contributed by atoms with Crippen LogP contribution in [0, 0.1) is 6.92 Å². The molecule has 0 saturated heterocycles. The zero-order valence-electron chi connectivity index (χ0n) is 8.45. The van der Waals surface area contributed by atoms with Gasteiger partial charge in [-0.25, -0.2) is 0 Å². The Morgan fingerprint density at radius 1 is 1.43 bits per heavy atom. The molecule has 0 radical (unpaired) electrons. The predicted octanol–water partition coefficient (Wildman–Crippen LogP) is 1.70. The number of nitrogens with one attached hydrogen (secondary N) is 1. The normalized spacial score (nSPS) is 12.2. The van der Waals surface area contributed by atoms with Crippen LogP contribution in [0.1, 0.15) is 18.9 Å². The fourth-order valence-corrected chi connectivity index (χ4v) is 1.12. The lowest BCUT2D eigenvalue weighted by atomic mass is 10.2. The molecule has 0 spiro atoms. The minimum atomic E-state index is -0.597. The standard InChI is InChI=1S/C11H15NO2/c1-8-3-5-10(6-4-8)12-11(14)7-9(2)13/h3-6,9,13H,7H2,1-2H3,(H,12,14)/t9-/m0/s1. The van der Waals surface area contributed by atoms with E-state index in [4.69, 9.17) is 5.11 Å². The number of benzene rings is 1. The highest BCUT2D eigenvalue weighted by atomic mass is 16.3. The summed E-state index contributed by atoms with van der Waals surface area (Å²) in [5.74, 6) is -0.163. The lowest BCUT2D eigenvalue weighted by Crippen LogP contribution is -2.17. The molecule has 0 aliphatic rings. The van der Waals surface area contributed by atoms with E-state index in [2.05, 4.69) is 5.32 Å². The van der Waals surface area contributed by atoms with Gasteiger partial charge in [-0.05, 0) is 26.0 Å². The first-order valence-electron chi connectivity index (χ1n) is 4.62. The molecule has 0 aliphatic heterocycles. The van der Waals surface area contributed by atoms with E-state index in [0.717, 1.165) is 11.3 Å². The molecule has 1 aromatic rings. The molecule has 2 N–H and O–H groups in total. The smallest absolute Gasteiger partial charge is 0.226 e. The molecule has 3 nitrogen and oxygen atoms in total. The molecule has 0 heterocycles. The Morgan fingerprint density at radius 2 is 2.00 bits per heavy atom. The third-order valence-electron chi connectivity index (χ3n) is 1.82. The number of carbonyl (C=O) groups is 1. The summed E-state index contributed by atoms with van der Waals surface area (Å²) >= 11 is 0. The second kappa shape index (κ2) is 4.77. The first-order valence-corrected chi connectivity index (χ1v) is 4.62. The van der Waals surface area contributed by atoms with Gasteiger partial charge in [0.05, 0.1) is 12.5 Å². The number of aryl methyl sites for hydroxylation is 1. The van der Waals surface area contributed by atoms with E-state index >= 15 is 0 Å². The average Bonchev–Trinajstić information content (AvgIpc) is 2.07. The number of rotatable bonds is 3. The monoisotopic (exact) mass is 193 g/mol. The summed E-state index contributed by atoms with van der Waals surface area (Å²) in [5, 5.41) is 11.7. The zero-order chi connectivity index (χ0) is 10.6. The van der Waals surface area contributed by atoms with Crippen molar-refractivity contribution in [1.82, 2.24) is 0 Å². The van der Waals surface area contributed by atoms with Gasteiger partial charge in [-0.2, -0.15) is 0 Å². The van der Waals surface area contributed by atoms with Gasteiger partial charge in [-0.3, -0.25) is 4.79 Å². The Balaban J connectivity index is 2.52. The molecule has 0 saturated carbocycles. The number of amides is 1. The molecule has 0 bridgehead atoms. The molecule has 1 amide bonds. The molecule has 0 aromatic heterocycles. The molecule has 1 atom stereocenters. The highest BCUT2D eigenvalue weighted by molar-refractivity contribution is 5.90. The van der Waals surface area contributed by atoms with Gasteiger partial charge in [-0.15, -0.1) is 0 Å². The Bertz CT molecular complexity index is 304. The summed E-state index contributed by atoms with van der Waals surface area (Å²) in [5.41, 5.74) is 1.92. The van der Waals surface area contributed by atoms with E-state index in [0.29, 0.717) is 0 Å². The molecule has 1 rings (SSSR count). The summed E-state index contributed by atoms with van der Waals surface area (Å²) < 4.78 is 0. The third kappa shape index (κ3) is 3.58. The minimum absolute atomic E-state index is 0.133. The molecule has 1 aromatic carbocycles. The van der Waals surface area contributed by atoms with Crippen molar-refractivity contribution in [1.29, 1.82) is 0 Å². The number of hydrogen-bond donors (Lipinski definition) is 2. The van der Waals surface area contributed by atoms with Gasteiger partial charge in [0.2, 0.25) is 5.91 Å². The number of aliphatic hydroxyl groups is 1. The molecule has 3 heteroatoms. The summed E-state index contributed by atoms with van der Waals surface area (Å²) in [6.07, 6.45) is -0.464. The molecule has 76 valence electrons. The lowest BCUT2D eigenvalue weighted by molar-refractivity contribution is -0.117. The van der Waals surface area contributed by atoms with Crippen LogP contribution in [0.25, 0.3) is 0 Å². The van der Waals surface area contributed by atoms with Crippen LogP contribution in [0.4, 0.5) is 5.69 Å². The fraction of sp³-hybridized carbons (Fsp3) is 0.364. The Kier molecular flexibility index (Phi) is 3.65. The minimum Gasteiger partial charge on any atom is -0.393 e. The van der Waals surface area contributed by atoms with Gasteiger partial charge in [0.1, 0.15) is 0 Å². The molecule has 0 fully saturated rings. The van der Waals surface area contributed by atoms with Crippen LogP contribution in [0.5, 0.6) is 0 Å². The summed E-state index contributed by atoms with van der Waals surface area (Å²) in [6.45, 7) is 3.58. The van der Waals surface area contributed by atoms with Crippen LogP contribution in [0.3, 0.4) is 0 Å². The number of hydrogen-bond acceptors (Lipinski definition) is 2. The van der Waals surface area contributed by atoms with Gasteiger partial charge in [0.25, 0.3) is 0 Å². The highest BCUT2D eigenvalue weighted by Crippen LogP contribution is 2.09. The molecule has 14 heavy (non-hydrogen) atoms. The van der Waals surface area contributed by atoms with Crippen molar-refractivity contribution >= 4 is 11.6 Å². The second-order valence-corrected chi connectivity index (χ2v) is 3.47. The van der Waals surface area contributed by atoms with Crippen LogP contribution in [-0.4, -0.2) is 17.1 Å². The summed E-state index contributed by atoms with van der Waals surface area (Å²) in [6, 6.07) is 7.54. The van der Waals surface area contributed by atoms with Crippen LogP contribution in [0.15, 0.2) is 24.3 Å². The van der Waals surface area contributed by atoms with E-state index in [1.165, 1.54) is 0 Å². The number of carbonyl (C=O) groups excluding carboxylic acids is 1. The van der Waals surface area contributed by atoms with Crippen molar-refractivity contribution < 1.29 is 9.90 Å². The van der Waals surface area contributed by atoms with Crippen molar-refractivity contribution in [3.8, 4) is 0 Å². The van der Waals surface area contributed by atoms with Crippen molar-refractivity contribution in [2.24, 2.45) is 0 Å². The van der Waals surface area contributed by atoms with Crippen molar-refractivity contribution in [2.75, 3.05) is 5.32 Å². The van der Waals surface area contributed by atoms with Crippen molar-refractivity contribution in [3.05, 3.63) is 29.8 Å². The van der Waals surface area contributed by atoms with Crippen LogP contribution in [-0.2, 0) is 4.79 Å². The zero-order valence-corrected chi connectivity index (χ0v) is 8.45. The summed E-state index contributed by atoms with van der Waals surface area (Å²) in [4.78, 5) is 11.2. The Morgan fingerprint density at radius 3 is 2.50 bits per heavy atom. The van der Waals surface area contributed by atoms with Crippen molar-refractivity contribution in [2.45, 2.75) is 26.4 Å². The van der Waals surface area contributed by atoms with E-state index < -0.39 is 6.10 Å². The molecular formula is C11H15NO2. The molecular weight excluding hydrogens is 178 g/mol. The van der Waals surface area contributed by atoms with Gasteiger partial charge in [-0.1, -0.05) is 17.7 Å². The van der Waals surface area contributed by atoms with E-state index in [1.54, 1.807) is 6.92 Å². The van der Waals surface area contributed by atoms with Crippen LogP contribution < -0.4 is 5.32 Å². The van der Waals surface area contributed by atoms with Crippen molar-refractivity contribution in [3.63, 3.8) is 0 Å².